The number of aliphatic hydroxyl groups excluding tert-OH is 3. The lowest BCUT2D eigenvalue weighted by Crippen LogP contribution is -2.55. The summed E-state index contributed by atoms with van der Waals surface area (Å²) in [5.74, 6) is -3.60. The largest absolute Gasteiger partial charge is 0.446 e. The van der Waals surface area contributed by atoms with E-state index in [-0.39, 0.29) is 11.3 Å². The van der Waals surface area contributed by atoms with Crippen LogP contribution in [0, 0.1) is 31.3 Å². The number of halogens is 3. The first-order chi connectivity index (χ1) is 17.3. The molecule has 1 aliphatic heterocycles. The van der Waals surface area contributed by atoms with Crippen molar-refractivity contribution in [2.24, 2.45) is 0 Å². The molecule has 202 valence electrons. The number of aryl methyl sites for hydroxylation is 2. The zero-order valence-corrected chi connectivity index (χ0v) is 21.2. The van der Waals surface area contributed by atoms with Gasteiger partial charge in [-0.05, 0) is 32.9 Å². The van der Waals surface area contributed by atoms with Crippen molar-refractivity contribution >= 4 is 11.8 Å². The van der Waals surface area contributed by atoms with Gasteiger partial charge < -0.3 is 29.6 Å². The highest BCUT2D eigenvalue weighted by Crippen LogP contribution is 2.46. The van der Waals surface area contributed by atoms with Gasteiger partial charge in [-0.25, -0.2) is 22.8 Å². The molecule has 0 amide bonds. The van der Waals surface area contributed by atoms with Crippen molar-refractivity contribution in [2.75, 3.05) is 6.61 Å². The number of hydrogen-bond donors (Lipinski definition) is 4. The highest BCUT2D eigenvalue weighted by atomic mass is 32.2. The molecule has 37 heavy (non-hydrogen) atoms. The number of nitrogens with zero attached hydrogens (tertiary/aromatic N) is 4. The Hall–Kier alpha value is -2.49. The van der Waals surface area contributed by atoms with Crippen LogP contribution < -0.4 is 0 Å². The molecule has 4 rings (SSSR count). The van der Waals surface area contributed by atoms with E-state index < -0.39 is 64.7 Å². The fourth-order valence-corrected chi connectivity index (χ4v) is 5.72. The fourth-order valence-electron chi connectivity index (χ4n) is 4.24. The molecule has 3 aromatic rings. The summed E-state index contributed by atoms with van der Waals surface area (Å²) in [5, 5.41) is 49.8. The zero-order valence-electron chi connectivity index (χ0n) is 20.3. The van der Waals surface area contributed by atoms with E-state index in [1.54, 1.807) is 27.7 Å². The molecule has 0 bridgehead atoms. The van der Waals surface area contributed by atoms with Gasteiger partial charge in [0.05, 0.1) is 29.3 Å². The molecule has 6 atom stereocenters. The number of aromatic nitrogens is 4. The molecule has 0 radical (unpaired) electrons. The molecule has 1 aromatic carbocycles. The van der Waals surface area contributed by atoms with Crippen LogP contribution in [0.1, 0.15) is 42.5 Å². The van der Waals surface area contributed by atoms with Crippen molar-refractivity contribution < 1.29 is 42.8 Å². The second-order valence-electron chi connectivity index (χ2n) is 9.38. The van der Waals surface area contributed by atoms with Gasteiger partial charge in [-0.15, -0.1) is 16.9 Å². The Morgan fingerprint density at radius 2 is 1.78 bits per heavy atom. The summed E-state index contributed by atoms with van der Waals surface area (Å²) < 4.78 is 53.2. The van der Waals surface area contributed by atoms with E-state index in [0.29, 0.717) is 17.3 Å². The van der Waals surface area contributed by atoms with E-state index >= 15 is 0 Å². The molecule has 0 spiro atoms. The minimum atomic E-state index is -1.63. The van der Waals surface area contributed by atoms with Crippen LogP contribution in [0.15, 0.2) is 22.7 Å². The molecule has 2 aromatic heterocycles. The summed E-state index contributed by atoms with van der Waals surface area (Å²) in [5.41, 5.74) is -2.15. The first-order valence-electron chi connectivity index (χ1n) is 11.3. The summed E-state index contributed by atoms with van der Waals surface area (Å²) >= 11 is 1.02. The molecule has 14 heteroatoms. The SMILES string of the molecule is Cc1nc([C@H](S[C@@H]2O[C@H](CO)[C@H](O)[C@H](n3cc(-c4cc(F)c(F)c(F)c4)nn3)[C@H]2O)C(C)(C)O)c(C)o1. The van der Waals surface area contributed by atoms with Gasteiger partial charge in [0.1, 0.15) is 41.2 Å². The fraction of sp³-hybridized carbons (Fsp3) is 0.522. The average molecular weight is 545 g/mol. The van der Waals surface area contributed by atoms with Crippen molar-refractivity contribution in [3.63, 3.8) is 0 Å². The molecular weight excluding hydrogens is 517 g/mol. The number of thioether (sulfide) groups is 1. The highest BCUT2D eigenvalue weighted by Gasteiger charge is 2.48. The molecule has 10 nitrogen and oxygen atoms in total. The number of hydrogen-bond acceptors (Lipinski definition) is 10. The van der Waals surface area contributed by atoms with Gasteiger partial charge >= 0.3 is 0 Å². The van der Waals surface area contributed by atoms with Crippen LogP contribution in [0.5, 0.6) is 0 Å². The molecule has 1 fully saturated rings. The first-order valence-corrected chi connectivity index (χ1v) is 12.3. The standard InChI is InChI=1S/C23H27F3N4O6S/c1-9-17(27-10(2)35-9)21(23(3,4)34)37-22-20(33)18(19(32)15(8-31)36-22)30-7-14(28-29-30)11-5-12(24)16(26)13(25)6-11/h5-7,15,18-22,31-34H,8H2,1-4H3/t15-,18+,19+,20-,21+,22+/m1/s1. The summed E-state index contributed by atoms with van der Waals surface area (Å²) in [4.78, 5) is 4.36. The number of oxazole rings is 1. The van der Waals surface area contributed by atoms with Crippen LogP contribution in [0.3, 0.4) is 0 Å². The lowest BCUT2D eigenvalue weighted by atomic mass is 9.97. The number of ether oxygens (including phenoxy) is 1. The van der Waals surface area contributed by atoms with E-state index in [2.05, 4.69) is 15.3 Å². The third-order valence-electron chi connectivity index (χ3n) is 6.04. The summed E-state index contributed by atoms with van der Waals surface area (Å²) in [6.45, 7) is 5.86. The van der Waals surface area contributed by atoms with Gasteiger partial charge in [-0.2, -0.15) is 0 Å². The van der Waals surface area contributed by atoms with Gasteiger partial charge in [-0.1, -0.05) is 5.21 Å². The lowest BCUT2D eigenvalue weighted by Gasteiger charge is -2.43. The Bertz CT molecular complexity index is 1240. The van der Waals surface area contributed by atoms with Gasteiger partial charge in [0.25, 0.3) is 0 Å². The van der Waals surface area contributed by atoms with Crippen molar-refractivity contribution in [2.45, 2.75) is 68.3 Å². The van der Waals surface area contributed by atoms with Crippen LogP contribution in [-0.2, 0) is 4.74 Å². The van der Waals surface area contributed by atoms with E-state index in [9.17, 15) is 33.6 Å². The minimum absolute atomic E-state index is 0.0449. The summed E-state index contributed by atoms with van der Waals surface area (Å²) in [6, 6.07) is 0.284. The number of aliphatic hydroxyl groups is 4. The Kier molecular flexibility index (Phi) is 7.70. The monoisotopic (exact) mass is 544 g/mol. The number of benzene rings is 1. The molecule has 0 aliphatic carbocycles. The topological polar surface area (TPSA) is 147 Å². The van der Waals surface area contributed by atoms with E-state index in [1.165, 1.54) is 6.20 Å². The van der Waals surface area contributed by atoms with Gasteiger partial charge in [0, 0.05) is 12.5 Å². The second kappa shape index (κ2) is 10.3. The second-order valence-corrected chi connectivity index (χ2v) is 10.6. The predicted octanol–water partition coefficient (Wildman–Crippen LogP) is 2.19. The lowest BCUT2D eigenvalue weighted by molar-refractivity contribution is -0.179. The van der Waals surface area contributed by atoms with Gasteiger partial charge in [0.2, 0.25) is 0 Å². The van der Waals surface area contributed by atoms with Crippen LogP contribution in [0.25, 0.3) is 11.3 Å². The maximum Gasteiger partial charge on any atom is 0.194 e. The zero-order chi connectivity index (χ0) is 27.2. The van der Waals surface area contributed by atoms with Crippen LogP contribution in [0.2, 0.25) is 0 Å². The first kappa shape index (κ1) is 27.5. The van der Waals surface area contributed by atoms with E-state index in [0.717, 1.165) is 28.6 Å². The van der Waals surface area contributed by atoms with E-state index in [1.807, 2.05) is 0 Å². The number of rotatable bonds is 7. The highest BCUT2D eigenvalue weighted by molar-refractivity contribution is 8.00. The Morgan fingerprint density at radius 3 is 2.32 bits per heavy atom. The Labute approximate surface area is 214 Å². The molecule has 0 unspecified atom stereocenters. The van der Waals surface area contributed by atoms with Gasteiger partial charge in [-0.3, -0.25) is 0 Å². The molecule has 3 heterocycles. The van der Waals surface area contributed by atoms with Crippen LogP contribution >= 0.6 is 11.8 Å². The van der Waals surface area contributed by atoms with Crippen molar-refractivity contribution in [3.8, 4) is 11.3 Å². The van der Waals surface area contributed by atoms with Crippen molar-refractivity contribution in [3.05, 3.63) is 53.1 Å². The van der Waals surface area contributed by atoms with Crippen LogP contribution in [-0.4, -0.2) is 76.4 Å². The quantitative estimate of drug-likeness (QED) is 0.327. The Morgan fingerprint density at radius 1 is 1.14 bits per heavy atom. The summed E-state index contributed by atoms with van der Waals surface area (Å²) in [7, 11) is 0. The molecule has 4 N–H and O–H groups in total. The van der Waals surface area contributed by atoms with Crippen LogP contribution in [0.4, 0.5) is 13.2 Å². The average Bonchev–Trinajstić information content (AvgIpc) is 3.42. The van der Waals surface area contributed by atoms with E-state index in [4.69, 9.17) is 9.15 Å². The van der Waals surface area contributed by atoms with Crippen molar-refractivity contribution in [1.82, 2.24) is 20.0 Å². The third kappa shape index (κ3) is 5.40. The van der Waals surface area contributed by atoms with Crippen molar-refractivity contribution in [1.29, 1.82) is 0 Å². The van der Waals surface area contributed by atoms with Gasteiger partial charge in [0.15, 0.2) is 23.3 Å². The predicted molar refractivity (Wildman–Crippen MR) is 125 cm³/mol. The molecule has 0 saturated carbocycles. The normalized spacial score (nSPS) is 25.4. The smallest absolute Gasteiger partial charge is 0.194 e. The minimum Gasteiger partial charge on any atom is -0.446 e. The maximum atomic E-state index is 13.7. The summed E-state index contributed by atoms with van der Waals surface area (Å²) in [6.07, 6.45) is -2.83. The molecule has 1 aliphatic rings. The molecule has 1 saturated heterocycles. The third-order valence-corrected chi connectivity index (χ3v) is 7.77. The Balaban J connectivity index is 1.67. The maximum absolute atomic E-state index is 13.7. The molecular formula is C23H27F3N4O6S.